The highest BCUT2D eigenvalue weighted by Crippen LogP contribution is 2.33. The number of halogens is 2. The van der Waals surface area contributed by atoms with Gasteiger partial charge in [0.1, 0.15) is 12.4 Å². The standard InChI is InChI=1S/C14H15F2N3O4S2/c15-9-3-8-4-11(7-23-13(8)12(16)5-9)19-10(6-17-14(19)24)1-2-18-25(20,21)22/h3,5-6,11,18H,1-2,4,7H2,(H,17,24)(H,20,21,22)/t11-/m1/s1. The van der Waals surface area contributed by atoms with Gasteiger partial charge in [0.2, 0.25) is 0 Å². The highest BCUT2D eigenvalue weighted by molar-refractivity contribution is 7.83. The highest BCUT2D eigenvalue weighted by Gasteiger charge is 2.26. The number of aromatic amines is 1. The predicted molar refractivity (Wildman–Crippen MR) is 87.5 cm³/mol. The lowest BCUT2D eigenvalue weighted by Crippen LogP contribution is -2.29. The van der Waals surface area contributed by atoms with Gasteiger partial charge in [-0.15, -0.1) is 0 Å². The van der Waals surface area contributed by atoms with Gasteiger partial charge in [0, 0.05) is 42.9 Å². The van der Waals surface area contributed by atoms with E-state index < -0.39 is 21.9 Å². The van der Waals surface area contributed by atoms with Crippen LogP contribution in [0.4, 0.5) is 8.78 Å². The van der Waals surface area contributed by atoms with E-state index in [0.717, 1.165) is 6.07 Å². The Morgan fingerprint density at radius 2 is 2.20 bits per heavy atom. The fourth-order valence-electron chi connectivity index (χ4n) is 2.90. The molecule has 2 aromatic rings. The number of hydrogen-bond donors (Lipinski definition) is 3. The monoisotopic (exact) mass is 391 g/mol. The Kier molecular flexibility index (Phi) is 4.91. The molecule has 0 radical (unpaired) electrons. The summed E-state index contributed by atoms with van der Waals surface area (Å²) in [6, 6.07) is 1.70. The number of ether oxygens (including phenoxy) is 1. The molecular formula is C14H15F2N3O4S2. The van der Waals surface area contributed by atoms with Crippen molar-refractivity contribution >= 4 is 22.5 Å². The molecule has 25 heavy (non-hydrogen) atoms. The molecule has 136 valence electrons. The molecule has 2 heterocycles. The molecule has 3 N–H and O–H groups in total. The summed E-state index contributed by atoms with van der Waals surface area (Å²) in [6.07, 6.45) is 2.19. The SMILES string of the molecule is O=S(=O)(O)NCCc1c[nH]c(=S)n1[C@H]1COc2c(F)cc(F)cc2C1. The number of imidazole rings is 1. The molecule has 0 aliphatic carbocycles. The third-order valence-electron chi connectivity index (χ3n) is 3.88. The largest absolute Gasteiger partial charge is 0.488 e. The maximum atomic E-state index is 13.8. The molecular weight excluding hydrogens is 376 g/mol. The summed E-state index contributed by atoms with van der Waals surface area (Å²) in [7, 11) is -4.28. The molecule has 0 unspecified atom stereocenters. The summed E-state index contributed by atoms with van der Waals surface area (Å²) < 4.78 is 66.9. The van der Waals surface area contributed by atoms with Crippen LogP contribution in [0.15, 0.2) is 18.3 Å². The van der Waals surface area contributed by atoms with Crippen LogP contribution in [0.3, 0.4) is 0 Å². The van der Waals surface area contributed by atoms with E-state index >= 15 is 0 Å². The van der Waals surface area contributed by atoms with Crippen LogP contribution in [-0.2, 0) is 23.1 Å². The van der Waals surface area contributed by atoms with Crippen molar-refractivity contribution < 1.29 is 26.5 Å². The van der Waals surface area contributed by atoms with Crippen LogP contribution in [0.5, 0.6) is 5.75 Å². The quantitative estimate of drug-likeness (QED) is 0.535. The Balaban J connectivity index is 1.83. The Bertz CT molecular complexity index is 955. The molecule has 7 nitrogen and oxygen atoms in total. The van der Waals surface area contributed by atoms with Gasteiger partial charge in [0.05, 0.1) is 6.04 Å². The zero-order valence-corrected chi connectivity index (χ0v) is 14.5. The zero-order valence-electron chi connectivity index (χ0n) is 12.8. The van der Waals surface area contributed by atoms with Gasteiger partial charge in [-0.05, 0) is 18.3 Å². The molecule has 1 aliphatic heterocycles. The average Bonchev–Trinajstić information content (AvgIpc) is 2.86. The maximum Gasteiger partial charge on any atom is 0.333 e. The Morgan fingerprint density at radius 1 is 1.44 bits per heavy atom. The first-order valence-electron chi connectivity index (χ1n) is 7.36. The third-order valence-corrected chi connectivity index (χ3v) is 4.77. The van der Waals surface area contributed by atoms with E-state index in [1.165, 1.54) is 6.07 Å². The second-order valence-corrected chi connectivity index (χ2v) is 7.24. The molecule has 1 aromatic carbocycles. The minimum atomic E-state index is -4.28. The molecule has 3 rings (SSSR count). The van der Waals surface area contributed by atoms with Gasteiger partial charge in [-0.3, -0.25) is 4.55 Å². The first kappa shape index (κ1) is 18.0. The molecule has 1 aromatic heterocycles. The van der Waals surface area contributed by atoms with Gasteiger partial charge in [-0.2, -0.15) is 13.1 Å². The molecule has 11 heteroatoms. The van der Waals surface area contributed by atoms with Crippen LogP contribution in [-0.4, -0.2) is 35.7 Å². The van der Waals surface area contributed by atoms with E-state index in [0.29, 0.717) is 22.4 Å². The van der Waals surface area contributed by atoms with Crippen molar-refractivity contribution in [2.24, 2.45) is 0 Å². The average molecular weight is 391 g/mol. The van der Waals surface area contributed by atoms with Crippen LogP contribution in [0.2, 0.25) is 0 Å². The molecule has 0 saturated carbocycles. The third kappa shape index (κ3) is 4.06. The van der Waals surface area contributed by atoms with Gasteiger partial charge in [-0.25, -0.2) is 8.78 Å². The number of hydrogen-bond acceptors (Lipinski definition) is 4. The van der Waals surface area contributed by atoms with Crippen LogP contribution in [0.1, 0.15) is 17.3 Å². The number of fused-ring (bicyclic) bond motifs is 1. The molecule has 0 saturated heterocycles. The lowest BCUT2D eigenvalue weighted by atomic mass is 10.0. The second kappa shape index (κ2) is 6.83. The lowest BCUT2D eigenvalue weighted by Gasteiger charge is -2.28. The summed E-state index contributed by atoms with van der Waals surface area (Å²) in [5.41, 5.74) is 1.08. The van der Waals surface area contributed by atoms with Crippen LogP contribution in [0.25, 0.3) is 0 Å². The lowest BCUT2D eigenvalue weighted by molar-refractivity contribution is 0.210. The van der Waals surface area contributed by atoms with Crippen molar-refractivity contribution in [2.45, 2.75) is 18.9 Å². The number of H-pyrrole nitrogens is 1. The number of nitrogens with zero attached hydrogens (tertiary/aromatic N) is 1. The van der Waals surface area contributed by atoms with Gasteiger partial charge < -0.3 is 14.3 Å². The fourth-order valence-corrected chi connectivity index (χ4v) is 3.59. The van der Waals surface area contributed by atoms with E-state index in [1.807, 2.05) is 4.72 Å². The minimum absolute atomic E-state index is 0.0289. The van der Waals surface area contributed by atoms with Crippen molar-refractivity contribution in [2.75, 3.05) is 13.2 Å². The van der Waals surface area contributed by atoms with Gasteiger partial charge in [0.15, 0.2) is 16.3 Å². The Morgan fingerprint density at radius 3 is 2.92 bits per heavy atom. The van der Waals surface area contributed by atoms with E-state index in [-0.39, 0.29) is 31.4 Å². The normalized spacial score (nSPS) is 17.2. The van der Waals surface area contributed by atoms with Crippen molar-refractivity contribution in [3.8, 4) is 5.75 Å². The molecule has 0 bridgehead atoms. The molecule has 0 spiro atoms. The summed E-state index contributed by atoms with van der Waals surface area (Å²) in [4.78, 5) is 2.86. The van der Waals surface area contributed by atoms with E-state index in [2.05, 4.69) is 4.98 Å². The van der Waals surface area contributed by atoms with Crippen LogP contribution < -0.4 is 9.46 Å². The second-order valence-electron chi connectivity index (χ2n) is 5.62. The first-order chi connectivity index (χ1) is 11.7. The molecule has 0 fully saturated rings. The van der Waals surface area contributed by atoms with Crippen LogP contribution >= 0.6 is 12.2 Å². The number of aromatic nitrogens is 2. The molecule has 1 aliphatic rings. The van der Waals surface area contributed by atoms with Gasteiger partial charge >= 0.3 is 10.3 Å². The first-order valence-corrected chi connectivity index (χ1v) is 9.21. The number of benzene rings is 1. The topological polar surface area (TPSA) is 96.4 Å². The number of rotatable bonds is 5. The van der Waals surface area contributed by atoms with Crippen molar-refractivity contribution in [1.29, 1.82) is 0 Å². The summed E-state index contributed by atoms with van der Waals surface area (Å²) in [5.74, 6) is -1.39. The Hall–Kier alpha value is -1.82. The van der Waals surface area contributed by atoms with E-state index in [4.69, 9.17) is 21.5 Å². The summed E-state index contributed by atoms with van der Waals surface area (Å²) >= 11 is 5.24. The minimum Gasteiger partial charge on any atom is -0.488 e. The van der Waals surface area contributed by atoms with Crippen molar-refractivity contribution in [3.05, 3.63) is 46.0 Å². The summed E-state index contributed by atoms with van der Waals surface area (Å²) in [6.45, 7) is 0.110. The van der Waals surface area contributed by atoms with Crippen molar-refractivity contribution in [1.82, 2.24) is 14.3 Å². The smallest absolute Gasteiger partial charge is 0.333 e. The predicted octanol–water partition coefficient (Wildman–Crippen LogP) is 1.93. The summed E-state index contributed by atoms with van der Waals surface area (Å²) in [5, 5.41) is 0. The van der Waals surface area contributed by atoms with Gasteiger partial charge in [-0.1, -0.05) is 0 Å². The zero-order chi connectivity index (χ0) is 18.2. The van der Waals surface area contributed by atoms with E-state index in [9.17, 15) is 17.2 Å². The Labute approximate surface area is 147 Å². The maximum absolute atomic E-state index is 13.8. The van der Waals surface area contributed by atoms with E-state index in [1.54, 1.807) is 10.8 Å². The van der Waals surface area contributed by atoms with Crippen molar-refractivity contribution in [3.63, 3.8) is 0 Å². The van der Waals surface area contributed by atoms with Gasteiger partial charge in [0.25, 0.3) is 0 Å². The number of nitrogens with one attached hydrogen (secondary N) is 2. The fraction of sp³-hybridized carbons (Fsp3) is 0.357. The van der Waals surface area contributed by atoms with Crippen LogP contribution in [0, 0.1) is 16.4 Å². The molecule has 0 amide bonds. The highest BCUT2D eigenvalue weighted by atomic mass is 32.2. The molecule has 1 atom stereocenters.